The molecule has 1 heterocycles. The molecule has 2 aliphatic carbocycles. The Morgan fingerprint density at radius 1 is 0.722 bits per heavy atom. The molecule has 2 aromatic rings. The molecule has 1 aliphatic heterocycles. The first-order valence-electron chi connectivity index (χ1n) is 12.4. The van der Waals surface area contributed by atoms with Crippen molar-refractivity contribution in [1.29, 1.82) is 0 Å². The van der Waals surface area contributed by atoms with Gasteiger partial charge in [0, 0.05) is 21.3 Å². The topological polar surface area (TPSA) is 93.7 Å². The lowest BCUT2D eigenvalue weighted by atomic mass is 9.74. The Morgan fingerprint density at radius 3 is 1.56 bits per heavy atom. The number of Topliss-reactive ketones (excluding diaryl/α,β-unsaturated/α-hetero) is 1. The van der Waals surface area contributed by atoms with Crippen LogP contribution in [0.3, 0.4) is 0 Å². The lowest BCUT2D eigenvalue weighted by Gasteiger charge is -2.34. The summed E-state index contributed by atoms with van der Waals surface area (Å²) >= 11 is 0. The van der Waals surface area contributed by atoms with Crippen LogP contribution < -0.4 is 20.1 Å². The molecule has 0 bridgehead atoms. The number of hydrogen-bond donors (Lipinski definition) is 2. The van der Waals surface area contributed by atoms with E-state index < -0.39 is 5.54 Å². The Labute approximate surface area is 214 Å². The van der Waals surface area contributed by atoms with Gasteiger partial charge in [-0.05, 0) is 85.8 Å². The number of rotatable bonds is 4. The lowest BCUT2D eigenvalue weighted by Crippen LogP contribution is -2.49. The summed E-state index contributed by atoms with van der Waals surface area (Å²) < 4.78 is 10.3. The maximum Gasteiger partial charge on any atom is 0.322 e. The molecular formula is C28H34BN2O5. The Morgan fingerprint density at radius 2 is 1.17 bits per heavy atom. The van der Waals surface area contributed by atoms with Gasteiger partial charge in [-0.15, -0.1) is 0 Å². The second kappa shape index (κ2) is 12.1. The molecule has 3 amide bonds. The SMILES string of the molecule is COc1ccc(C2CCC(=O)CC2)cc1.COc1ccc(C2CCC3(CC2)NC(=O)NC3=O)cc1.[B]. The number of amides is 3. The van der Waals surface area contributed by atoms with E-state index in [9.17, 15) is 14.4 Å². The fraction of sp³-hybridized carbons (Fsp3) is 0.464. The van der Waals surface area contributed by atoms with E-state index in [0.717, 1.165) is 50.0 Å². The van der Waals surface area contributed by atoms with Gasteiger partial charge in [0.25, 0.3) is 5.91 Å². The minimum absolute atomic E-state index is 0. The maximum absolute atomic E-state index is 11.9. The number of ketones is 1. The van der Waals surface area contributed by atoms with E-state index in [1.807, 2.05) is 24.3 Å². The molecule has 189 valence electrons. The van der Waals surface area contributed by atoms with Crippen LogP contribution in [0, 0.1) is 0 Å². The number of imide groups is 1. The van der Waals surface area contributed by atoms with E-state index in [0.29, 0.717) is 30.5 Å². The van der Waals surface area contributed by atoms with Crippen molar-refractivity contribution in [3.63, 3.8) is 0 Å². The minimum Gasteiger partial charge on any atom is -0.497 e. The lowest BCUT2D eigenvalue weighted by molar-refractivity contribution is -0.125. The van der Waals surface area contributed by atoms with Crippen molar-refractivity contribution in [2.75, 3.05) is 14.2 Å². The van der Waals surface area contributed by atoms with E-state index >= 15 is 0 Å². The third kappa shape index (κ3) is 6.28. The fourth-order valence-electron chi connectivity index (χ4n) is 5.35. The quantitative estimate of drug-likeness (QED) is 0.488. The van der Waals surface area contributed by atoms with Gasteiger partial charge in [-0.1, -0.05) is 24.3 Å². The molecule has 8 heteroatoms. The molecule has 36 heavy (non-hydrogen) atoms. The molecular weight excluding hydrogens is 455 g/mol. The average molecular weight is 489 g/mol. The van der Waals surface area contributed by atoms with E-state index in [4.69, 9.17) is 9.47 Å². The van der Waals surface area contributed by atoms with Crippen LogP contribution in [-0.2, 0) is 9.59 Å². The summed E-state index contributed by atoms with van der Waals surface area (Å²) in [5, 5.41) is 5.13. The van der Waals surface area contributed by atoms with Gasteiger partial charge in [0.15, 0.2) is 0 Å². The van der Waals surface area contributed by atoms with E-state index in [-0.39, 0.29) is 20.4 Å². The molecule has 0 unspecified atom stereocenters. The van der Waals surface area contributed by atoms with Gasteiger partial charge in [-0.25, -0.2) is 4.79 Å². The standard InChI is InChI=1S/C15H18N2O3.C13H16O2.B/c1-20-12-4-2-10(3-5-12)11-6-8-15(9-7-11)13(18)16-14(19)17-15;1-15-13-8-4-11(5-9-13)10-2-6-12(14)7-3-10;/h2-5,11H,6-9H2,1H3,(H2,16,17,18,19);4-5,8-10H,2-3,6-7H2,1H3;. The highest BCUT2D eigenvalue weighted by Crippen LogP contribution is 2.39. The summed E-state index contributed by atoms with van der Waals surface area (Å²) in [4.78, 5) is 34.3. The van der Waals surface area contributed by atoms with Crippen LogP contribution >= 0.6 is 0 Å². The number of methoxy groups -OCH3 is 2. The molecule has 5 rings (SSSR count). The van der Waals surface area contributed by atoms with Crippen LogP contribution in [0.4, 0.5) is 4.79 Å². The van der Waals surface area contributed by atoms with Gasteiger partial charge in [-0.2, -0.15) is 0 Å². The highest BCUT2D eigenvalue weighted by atomic mass is 16.5. The monoisotopic (exact) mass is 489 g/mol. The van der Waals surface area contributed by atoms with Crippen LogP contribution in [-0.4, -0.2) is 45.9 Å². The molecule has 1 saturated heterocycles. The first kappa shape index (κ1) is 27.3. The van der Waals surface area contributed by atoms with E-state index in [1.54, 1.807) is 14.2 Å². The summed E-state index contributed by atoms with van der Waals surface area (Å²) in [6, 6.07) is 15.9. The second-order valence-electron chi connectivity index (χ2n) is 9.62. The zero-order valence-corrected chi connectivity index (χ0v) is 21.0. The molecule has 3 fully saturated rings. The number of carbonyl (C=O) groups is 3. The van der Waals surface area contributed by atoms with Crippen molar-refractivity contribution in [3.05, 3.63) is 59.7 Å². The molecule has 0 aromatic heterocycles. The number of urea groups is 1. The largest absolute Gasteiger partial charge is 0.497 e. The van der Waals surface area contributed by atoms with Gasteiger partial charge in [0.2, 0.25) is 0 Å². The predicted molar refractivity (Wildman–Crippen MR) is 139 cm³/mol. The summed E-state index contributed by atoms with van der Waals surface area (Å²) in [7, 11) is 3.33. The Bertz CT molecular complexity index is 1040. The normalized spacial score (nSPS) is 23.6. The van der Waals surface area contributed by atoms with Crippen LogP contribution in [0.5, 0.6) is 11.5 Å². The van der Waals surface area contributed by atoms with E-state index in [1.165, 1.54) is 11.1 Å². The molecule has 3 radical (unpaired) electrons. The number of ether oxygens (including phenoxy) is 2. The average Bonchev–Trinajstić information content (AvgIpc) is 3.17. The van der Waals surface area contributed by atoms with Crippen LogP contribution in [0.1, 0.15) is 74.3 Å². The zero-order valence-electron chi connectivity index (χ0n) is 21.0. The van der Waals surface area contributed by atoms with Crippen molar-refractivity contribution in [1.82, 2.24) is 10.6 Å². The number of nitrogens with one attached hydrogen (secondary N) is 2. The third-order valence-electron chi connectivity index (χ3n) is 7.57. The first-order chi connectivity index (χ1) is 16.9. The Balaban J connectivity index is 0.000000203. The van der Waals surface area contributed by atoms with Crippen LogP contribution in [0.15, 0.2) is 48.5 Å². The van der Waals surface area contributed by atoms with Gasteiger partial charge < -0.3 is 14.8 Å². The van der Waals surface area contributed by atoms with Crippen molar-refractivity contribution in [2.45, 2.75) is 68.7 Å². The maximum atomic E-state index is 11.9. The zero-order chi connectivity index (χ0) is 24.8. The van der Waals surface area contributed by atoms with Crippen LogP contribution in [0.25, 0.3) is 0 Å². The van der Waals surface area contributed by atoms with Crippen molar-refractivity contribution in [2.24, 2.45) is 0 Å². The molecule has 3 aliphatic rings. The smallest absolute Gasteiger partial charge is 0.322 e. The van der Waals surface area contributed by atoms with E-state index in [2.05, 4.69) is 34.9 Å². The summed E-state index contributed by atoms with van der Waals surface area (Å²) in [6.45, 7) is 0. The van der Waals surface area contributed by atoms with Crippen LogP contribution in [0.2, 0.25) is 0 Å². The highest BCUT2D eigenvalue weighted by molar-refractivity contribution is 6.07. The number of benzene rings is 2. The highest BCUT2D eigenvalue weighted by Gasteiger charge is 2.48. The minimum atomic E-state index is -0.667. The summed E-state index contributed by atoms with van der Waals surface area (Å²) in [5.74, 6) is 3.00. The van der Waals surface area contributed by atoms with Crippen molar-refractivity contribution in [3.8, 4) is 11.5 Å². The second-order valence-corrected chi connectivity index (χ2v) is 9.62. The van der Waals surface area contributed by atoms with Gasteiger partial charge in [-0.3, -0.25) is 14.9 Å². The Hall–Kier alpha value is -3.29. The molecule has 0 atom stereocenters. The molecule has 2 saturated carbocycles. The fourth-order valence-corrected chi connectivity index (χ4v) is 5.35. The summed E-state index contributed by atoms with van der Waals surface area (Å²) in [5.41, 5.74) is 1.94. The van der Waals surface area contributed by atoms with Gasteiger partial charge in [0.1, 0.15) is 22.8 Å². The Kier molecular flexibility index (Phi) is 9.18. The molecule has 7 nitrogen and oxygen atoms in total. The van der Waals surface area contributed by atoms with Crippen molar-refractivity contribution >= 4 is 26.1 Å². The number of carbonyl (C=O) groups excluding carboxylic acids is 3. The predicted octanol–water partition coefficient (Wildman–Crippen LogP) is 4.47. The van der Waals surface area contributed by atoms with Gasteiger partial charge in [0.05, 0.1) is 14.2 Å². The molecule has 1 spiro atoms. The summed E-state index contributed by atoms with van der Waals surface area (Å²) in [6.07, 6.45) is 6.70. The van der Waals surface area contributed by atoms with Gasteiger partial charge >= 0.3 is 6.03 Å². The third-order valence-corrected chi connectivity index (χ3v) is 7.57. The number of hydrogen-bond acceptors (Lipinski definition) is 5. The van der Waals surface area contributed by atoms with Crippen molar-refractivity contribution < 1.29 is 23.9 Å². The molecule has 2 N–H and O–H groups in total. The first-order valence-corrected chi connectivity index (χ1v) is 12.4. The molecule has 2 aromatic carbocycles.